The summed E-state index contributed by atoms with van der Waals surface area (Å²) in [5.41, 5.74) is 9.09. The number of carbonyl (C=O) groups excluding carboxylic acids is 1. The van der Waals surface area contributed by atoms with Gasteiger partial charge in [-0.25, -0.2) is 9.48 Å². The van der Waals surface area contributed by atoms with Crippen molar-refractivity contribution in [1.29, 1.82) is 0 Å². The Morgan fingerprint density at radius 2 is 2.00 bits per heavy atom. The number of allylic oxidation sites excluding steroid dienone is 1. The van der Waals surface area contributed by atoms with Crippen LogP contribution in [0.25, 0.3) is 5.69 Å². The molecule has 2 unspecified atom stereocenters. The predicted octanol–water partition coefficient (Wildman–Crippen LogP) is 2.08. The van der Waals surface area contributed by atoms with Gasteiger partial charge in [0.1, 0.15) is 5.56 Å². The summed E-state index contributed by atoms with van der Waals surface area (Å²) in [7, 11) is 2.71. The Hall–Kier alpha value is -2.78. The van der Waals surface area contributed by atoms with Crippen molar-refractivity contribution in [3.63, 3.8) is 0 Å². The molecule has 1 saturated heterocycles. The SMILES string of the molecule is CN/C=C(\N)C1CC1c1c(C(=O)OC)cnn1-c1cccc(B2OC(C)(C)C(C)(C)O2)c1. The zero-order valence-electron chi connectivity index (χ0n) is 19.5. The third-order valence-corrected chi connectivity index (χ3v) is 6.73. The average Bonchev–Trinajstić information content (AvgIpc) is 3.36. The van der Waals surface area contributed by atoms with Crippen molar-refractivity contribution in [2.24, 2.45) is 11.7 Å². The van der Waals surface area contributed by atoms with Crippen molar-refractivity contribution in [3.8, 4) is 5.69 Å². The maximum Gasteiger partial charge on any atom is 0.494 e. The summed E-state index contributed by atoms with van der Waals surface area (Å²) in [5.74, 6) is -0.181. The number of carbonyl (C=O) groups is 1. The molecule has 1 saturated carbocycles. The molecule has 0 radical (unpaired) electrons. The lowest BCUT2D eigenvalue weighted by Gasteiger charge is -2.32. The number of rotatable bonds is 6. The molecule has 1 aromatic carbocycles. The van der Waals surface area contributed by atoms with Gasteiger partial charge in [-0.3, -0.25) is 0 Å². The van der Waals surface area contributed by atoms with E-state index in [0.29, 0.717) is 5.56 Å². The summed E-state index contributed by atoms with van der Waals surface area (Å²) in [6, 6.07) is 7.86. The Kier molecular flexibility index (Phi) is 5.59. The molecule has 2 atom stereocenters. The molecular weight excluding hydrogens is 407 g/mol. The maximum atomic E-state index is 12.5. The van der Waals surface area contributed by atoms with Gasteiger partial charge in [0.15, 0.2) is 0 Å². The van der Waals surface area contributed by atoms with Gasteiger partial charge in [-0.15, -0.1) is 0 Å². The van der Waals surface area contributed by atoms with Crippen LogP contribution < -0.4 is 16.5 Å². The standard InChI is InChI=1S/C23H31BN4O4/c1-22(2)23(3,4)32-24(31-22)14-8-7-9-15(10-14)28-20(18(12-27-28)21(29)30-6)17-11-16(17)19(25)13-26-5/h7-10,12-13,16-17,26H,11,25H2,1-6H3/b19-13-. The van der Waals surface area contributed by atoms with Crippen LogP contribution in [0.2, 0.25) is 0 Å². The van der Waals surface area contributed by atoms with E-state index < -0.39 is 24.3 Å². The minimum absolute atomic E-state index is 0.0803. The summed E-state index contributed by atoms with van der Waals surface area (Å²) >= 11 is 0. The number of ether oxygens (including phenoxy) is 1. The van der Waals surface area contributed by atoms with E-state index in [1.165, 1.54) is 7.11 Å². The second-order valence-electron chi connectivity index (χ2n) is 9.41. The van der Waals surface area contributed by atoms with E-state index in [2.05, 4.69) is 10.4 Å². The van der Waals surface area contributed by atoms with Gasteiger partial charge in [-0.1, -0.05) is 12.1 Å². The highest BCUT2D eigenvalue weighted by atomic mass is 16.7. The van der Waals surface area contributed by atoms with Crippen LogP contribution in [0.3, 0.4) is 0 Å². The van der Waals surface area contributed by atoms with Crippen LogP contribution in [-0.4, -0.2) is 48.2 Å². The molecule has 2 aromatic rings. The molecule has 170 valence electrons. The van der Waals surface area contributed by atoms with Gasteiger partial charge in [0.2, 0.25) is 0 Å². The predicted molar refractivity (Wildman–Crippen MR) is 123 cm³/mol. The fraction of sp³-hybridized carbons (Fsp3) is 0.478. The summed E-state index contributed by atoms with van der Waals surface area (Å²) < 4.78 is 19.2. The van der Waals surface area contributed by atoms with Crippen molar-refractivity contribution in [1.82, 2.24) is 15.1 Å². The number of benzene rings is 1. The van der Waals surface area contributed by atoms with E-state index in [-0.39, 0.29) is 11.8 Å². The third-order valence-electron chi connectivity index (χ3n) is 6.73. The van der Waals surface area contributed by atoms with E-state index in [9.17, 15) is 4.79 Å². The quantitative estimate of drug-likeness (QED) is 0.526. The van der Waals surface area contributed by atoms with Crippen LogP contribution in [0.4, 0.5) is 0 Å². The van der Waals surface area contributed by atoms with Gasteiger partial charge in [0.05, 0.1) is 35.9 Å². The number of aromatic nitrogens is 2. The van der Waals surface area contributed by atoms with Gasteiger partial charge >= 0.3 is 13.1 Å². The number of nitrogens with zero attached hydrogens (tertiary/aromatic N) is 2. The molecule has 2 heterocycles. The lowest BCUT2D eigenvalue weighted by atomic mass is 9.79. The second kappa shape index (κ2) is 7.97. The molecule has 0 amide bonds. The summed E-state index contributed by atoms with van der Waals surface area (Å²) in [4.78, 5) is 12.5. The number of methoxy groups -OCH3 is 1. The first-order valence-electron chi connectivity index (χ1n) is 10.8. The third kappa shape index (κ3) is 3.80. The number of nitrogens with one attached hydrogen (secondary N) is 1. The lowest BCUT2D eigenvalue weighted by Crippen LogP contribution is -2.41. The molecule has 0 spiro atoms. The molecular formula is C23H31BN4O4. The molecule has 8 nitrogen and oxygen atoms in total. The van der Waals surface area contributed by atoms with Crippen LogP contribution in [0.15, 0.2) is 42.4 Å². The van der Waals surface area contributed by atoms with Crippen molar-refractivity contribution in [2.45, 2.75) is 51.2 Å². The molecule has 4 rings (SSSR count). The Morgan fingerprint density at radius 1 is 1.31 bits per heavy atom. The van der Waals surface area contributed by atoms with E-state index in [4.69, 9.17) is 19.8 Å². The Morgan fingerprint density at radius 3 is 2.62 bits per heavy atom. The average molecular weight is 438 g/mol. The molecule has 9 heteroatoms. The van der Waals surface area contributed by atoms with Crippen molar-refractivity contribution in [2.75, 3.05) is 14.2 Å². The smallest absolute Gasteiger partial charge is 0.465 e. The molecule has 1 aromatic heterocycles. The number of hydrogen-bond acceptors (Lipinski definition) is 7. The summed E-state index contributed by atoms with van der Waals surface area (Å²) in [5, 5.41) is 7.51. The first-order valence-corrected chi connectivity index (χ1v) is 10.8. The van der Waals surface area contributed by atoms with Crippen LogP contribution in [0, 0.1) is 5.92 Å². The van der Waals surface area contributed by atoms with Crippen LogP contribution in [0.1, 0.15) is 56.1 Å². The number of nitrogens with two attached hydrogens (primary N) is 1. The molecule has 32 heavy (non-hydrogen) atoms. The lowest BCUT2D eigenvalue weighted by molar-refractivity contribution is 0.00578. The first-order chi connectivity index (χ1) is 15.1. The van der Waals surface area contributed by atoms with E-state index in [0.717, 1.165) is 29.0 Å². The highest BCUT2D eigenvalue weighted by molar-refractivity contribution is 6.62. The minimum Gasteiger partial charge on any atom is -0.465 e. The topological polar surface area (TPSA) is 101 Å². The van der Waals surface area contributed by atoms with Crippen molar-refractivity contribution >= 4 is 18.6 Å². The molecule has 3 N–H and O–H groups in total. The van der Waals surface area contributed by atoms with Crippen LogP contribution >= 0.6 is 0 Å². The molecule has 2 aliphatic rings. The van der Waals surface area contributed by atoms with E-state index in [1.807, 2.05) is 59.0 Å². The van der Waals surface area contributed by atoms with E-state index >= 15 is 0 Å². The number of esters is 1. The molecule has 1 aliphatic carbocycles. The number of hydrogen-bond donors (Lipinski definition) is 2. The highest BCUT2D eigenvalue weighted by Gasteiger charge is 2.52. The molecule has 1 aliphatic heterocycles. The fourth-order valence-corrected chi connectivity index (χ4v) is 4.11. The molecule has 0 bridgehead atoms. The van der Waals surface area contributed by atoms with Gasteiger partial charge in [-0.2, -0.15) is 5.10 Å². The van der Waals surface area contributed by atoms with Gasteiger partial charge in [0, 0.05) is 30.8 Å². The van der Waals surface area contributed by atoms with Crippen molar-refractivity contribution < 1.29 is 18.8 Å². The maximum absolute atomic E-state index is 12.5. The van der Waals surface area contributed by atoms with Crippen LogP contribution in [0.5, 0.6) is 0 Å². The van der Waals surface area contributed by atoms with Gasteiger partial charge < -0.3 is 25.1 Å². The monoisotopic (exact) mass is 438 g/mol. The zero-order valence-corrected chi connectivity index (χ0v) is 19.5. The fourth-order valence-electron chi connectivity index (χ4n) is 4.11. The van der Waals surface area contributed by atoms with Gasteiger partial charge in [0.25, 0.3) is 0 Å². The largest absolute Gasteiger partial charge is 0.494 e. The van der Waals surface area contributed by atoms with Crippen LogP contribution in [-0.2, 0) is 14.0 Å². The first kappa shape index (κ1) is 22.4. The Labute approximate surface area is 189 Å². The highest BCUT2D eigenvalue weighted by Crippen LogP contribution is 2.51. The van der Waals surface area contributed by atoms with E-state index in [1.54, 1.807) is 17.1 Å². The Balaban J connectivity index is 1.71. The summed E-state index contributed by atoms with van der Waals surface area (Å²) in [6.45, 7) is 8.12. The zero-order chi connectivity index (χ0) is 23.3. The minimum atomic E-state index is -0.484. The molecule has 2 fully saturated rings. The van der Waals surface area contributed by atoms with Gasteiger partial charge in [-0.05, 0) is 51.7 Å². The summed E-state index contributed by atoms with van der Waals surface area (Å²) in [6.07, 6.45) is 4.20. The second-order valence-corrected chi connectivity index (χ2v) is 9.41. The van der Waals surface area contributed by atoms with Crippen molar-refractivity contribution in [3.05, 3.63) is 53.6 Å². The normalized spacial score (nSPS) is 23.8. The Bertz CT molecular complexity index is 1050.